The van der Waals surface area contributed by atoms with Gasteiger partial charge in [0.2, 0.25) is 0 Å². The van der Waals surface area contributed by atoms with E-state index in [4.69, 9.17) is 18.0 Å². The van der Waals surface area contributed by atoms with Gasteiger partial charge in [-0.2, -0.15) is 0 Å². The standard InChI is InChI=1S/C9H16N4O2S2/c1-2-13-6-9(11-7-13)17(14,15)12-5-3-4-8(10)16/h6-7,12H,2-5H2,1H3,(H2,10,16). The number of aryl methyl sites for hydroxylation is 1. The van der Waals surface area contributed by atoms with E-state index in [-0.39, 0.29) is 5.03 Å². The van der Waals surface area contributed by atoms with Crippen LogP contribution < -0.4 is 10.5 Å². The molecule has 0 radical (unpaired) electrons. The molecule has 0 atom stereocenters. The first kappa shape index (κ1) is 14.1. The third kappa shape index (κ3) is 4.41. The molecule has 1 heterocycles. The summed E-state index contributed by atoms with van der Waals surface area (Å²) in [6.07, 6.45) is 4.10. The van der Waals surface area contributed by atoms with Crippen molar-refractivity contribution >= 4 is 27.2 Å². The third-order valence-electron chi connectivity index (χ3n) is 2.14. The van der Waals surface area contributed by atoms with Crippen molar-refractivity contribution < 1.29 is 8.42 Å². The lowest BCUT2D eigenvalue weighted by molar-refractivity contribution is 0.576. The van der Waals surface area contributed by atoms with E-state index in [0.29, 0.717) is 30.9 Å². The normalized spacial score (nSPS) is 11.6. The molecule has 8 heteroatoms. The number of sulfonamides is 1. The van der Waals surface area contributed by atoms with Crippen LogP contribution in [-0.2, 0) is 16.6 Å². The summed E-state index contributed by atoms with van der Waals surface area (Å²) in [5, 5.41) is 0.0367. The second-order valence-electron chi connectivity index (χ2n) is 3.51. The number of imidazole rings is 1. The van der Waals surface area contributed by atoms with Crippen molar-refractivity contribution in [3.63, 3.8) is 0 Å². The van der Waals surface area contributed by atoms with E-state index in [1.807, 2.05) is 6.92 Å². The summed E-state index contributed by atoms with van der Waals surface area (Å²) in [4.78, 5) is 4.22. The Kier molecular flexibility index (Phi) is 5.03. The molecule has 1 aromatic heterocycles. The maximum absolute atomic E-state index is 11.8. The fraction of sp³-hybridized carbons (Fsp3) is 0.556. The van der Waals surface area contributed by atoms with Crippen molar-refractivity contribution in [1.29, 1.82) is 0 Å². The quantitative estimate of drug-likeness (QED) is 0.550. The number of nitrogens with two attached hydrogens (primary N) is 1. The van der Waals surface area contributed by atoms with Crippen LogP contribution in [0.3, 0.4) is 0 Å². The molecule has 0 aliphatic carbocycles. The average molecular weight is 276 g/mol. The number of thiocarbonyl (C=S) groups is 1. The summed E-state index contributed by atoms with van der Waals surface area (Å²) >= 11 is 4.70. The summed E-state index contributed by atoms with van der Waals surface area (Å²) < 4.78 is 27.7. The largest absolute Gasteiger partial charge is 0.393 e. The Bertz CT molecular complexity index is 481. The van der Waals surface area contributed by atoms with Crippen molar-refractivity contribution in [3.05, 3.63) is 12.5 Å². The van der Waals surface area contributed by atoms with Crippen molar-refractivity contribution in [2.24, 2.45) is 5.73 Å². The fourth-order valence-electron chi connectivity index (χ4n) is 1.19. The number of nitrogens with one attached hydrogen (secondary N) is 1. The Hall–Kier alpha value is -0.990. The highest BCUT2D eigenvalue weighted by molar-refractivity contribution is 7.89. The zero-order chi connectivity index (χ0) is 12.9. The lowest BCUT2D eigenvalue weighted by Crippen LogP contribution is -2.26. The Morgan fingerprint density at radius 3 is 2.88 bits per heavy atom. The van der Waals surface area contributed by atoms with E-state index < -0.39 is 10.0 Å². The molecule has 1 rings (SSSR count). The Labute approximate surface area is 106 Å². The summed E-state index contributed by atoms with van der Waals surface area (Å²) in [7, 11) is -3.51. The van der Waals surface area contributed by atoms with E-state index in [9.17, 15) is 8.42 Å². The zero-order valence-electron chi connectivity index (χ0n) is 9.59. The summed E-state index contributed by atoms with van der Waals surface area (Å²) in [6.45, 7) is 2.90. The second kappa shape index (κ2) is 6.08. The minimum Gasteiger partial charge on any atom is -0.393 e. The molecule has 0 unspecified atom stereocenters. The van der Waals surface area contributed by atoms with Gasteiger partial charge in [-0.3, -0.25) is 0 Å². The summed E-state index contributed by atoms with van der Waals surface area (Å²) in [5.41, 5.74) is 5.31. The predicted octanol–water partition coefficient (Wildman–Crippen LogP) is 0.248. The number of aromatic nitrogens is 2. The SMILES string of the molecule is CCn1cnc(S(=O)(=O)NCCCC(N)=S)c1. The minimum atomic E-state index is -3.51. The van der Waals surface area contributed by atoms with Gasteiger partial charge in [0.1, 0.15) is 0 Å². The summed E-state index contributed by atoms with van der Waals surface area (Å²) in [6, 6.07) is 0. The van der Waals surface area contributed by atoms with Crippen LogP contribution in [0.15, 0.2) is 17.6 Å². The number of nitrogens with zero attached hydrogens (tertiary/aromatic N) is 2. The molecule has 0 aliphatic rings. The van der Waals surface area contributed by atoms with Crippen molar-refractivity contribution in [3.8, 4) is 0 Å². The van der Waals surface area contributed by atoms with Crippen molar-refractivity contribution in [2.45, 2.75) is 31.3 Å². The highest BCUT2D eigenvalue weighted by Gasteiger charge is 2.16. The molecule has 3 N–H and O–H groups in total. The molecule has 0 saturated heterocycles. The molecule has 17 heavy (non-hydrogen) atoms. The Morgan fingerprint density at radius 2 is 2.35 bits per heavy atom. The first-order valence-corrected chi connectivity index (χ1v) is 7.14. The minimum absolute atomic E-state index is 0.0367. The molecule has 96 valence electrons. The molecular formula is C9H16N4O2S2. The molecule has 6 nitrogen and oxygen atoms in total. The first-order chi connectivity index (χ1) is 7.95. The first-order valence-electron chi connectivity index (χ1n) is 5.25. The van der Waals surface area contributed by atoms with Crippen LogP contribution in [0.25, 0.3) is 0 Å². The molecule has 0 saturated carbocycles. The number of hydrogen-bond donors (Lipinski definition) is 2. The average Bonchev–Trinajstić information content (AvgIpc) is 2.73. The maximum Gasteiger partial charge on any atom is 0.259 e. The number of rotatable bonds is 7. The van der Waals surface area contributed by atoms with Crippen LogP contribution in [0, 0.1) is 0 Å². The molecule has 1 aromatic rings. The second-order valence-corrected chi connectivity index (χ2v) is 5.75. The van der Waals surface area contributed by atoms with Gasteiger partial charge in [0, 0.05) is 19.3 Å². The van der Waals surface area contributed by atoms with Gasteiger partial charge in [0.25, 0.3) is 10.0 Å². The smallest absolute Gasteiger partial charge is 0.259 e. The third-order valence-corrected chi connectivity index (χ3v) is 3.69. The van der Waals surface area contributed by atoms with Gasteiger partial charge in [-0.1, -0.05) is 12.2 Å². The van der Waals surface area contributed by atoms with E-state index >= 15 is 0 Å². The molecule has 0 fully saturated rings. The Morgan fingerprint density at radius 1 is 1.65 bits per heavy atom. The fourth-order valence-corrected chi connectivity index (χ4v) is 2.36. The van der Waals surface area contributed by atoms with Gasteiger partial charge >= 0.3 is 0 Å². The van der Waals surface area contributed by atoms with E-state index in [0.717, 1.165) is 0 Å². The summed E-state index contributed by atoms with van der Waals surface area (Å²) in [5.74, 6) is 0. The molecule has 0 aliphatic heterocycles. The molecular weight excluding hydrogens is 260 g/mol. The zero-order valence-corrected chi connectivity index (χ0v) is 11.2. The van der Waals surface area contributed by atoms with Crippen molar-refractivity contribution in [1.82, 2.24) is 14.3 Å². The van der Waals surface area contributed by atoms with Gasteiger partial charge in [-0.05, 0) is 19.8 Å². The highest BCUT2D eigenvalue weighted by Crippen LogP contribution is 2.04. The van der Waals surface area contributed by atoms with Gasteiger partial charge in [0.05, 0.1) is 11.3 Å². The van der Waals surface area contributed by atoms with E-state index in [1.165, 1.54) is 12.5 Å². The Balaban J connectivity index is 2.53. The predicted molar refractivity (Wildman–Crippen MR) is 69.1 cm³/mol. The van der Waals surface area contributed by atoms with Crippen LogP contribution in [-0.4, -0.2) is 29.5 Å². The lowest BCUT2D eigenvalue weighted by atomic mass is 10.3. The van der Waals surface area contributed by atoms with Crippen LogP contribution >= 0.6 is 12.2 Å². The van der Waals surface area contributed by atoms with Gasteiger partial charge in [-0.25, -0.2) is 18.1 Å². The van der Waals surface area contributed by atoms with Crippen LogP contribution in [0.5, 0.6) is 0 Å². The van der Waals surface area contributed by atoms with Crippen LogP contribution in [0.2, 0.25) is 0 Å². The lowest BCUT2D eigenvalue weighted by Gasteiger charge is -2.03. The van der Waals surface area contributed by atoms with Crippen molar-refractivity contribution in [2.75, 3.05) is 6.54 Å². The van der Waals surface area contributed by atoms with Crippen LogP contribution in [0.4, 0.5) is 0 Å². The molecule has 0 aromatic carbocycles. The van der Waals surface area contributed by atoms with E-state index in [2.05, 4.69) is 9.71 Å². The highest BCUT2D eigenvalue weighted by atomic mass is 32.2. The number of hydrogen-bond acceptors (Lipinski definition) is 4. The van der Waals surface area contributed by atoms with Gasteiger partial charge < -0.3 is 10.3 Å². The molecule has 0 bridgehead atoms. The monoisotopic (exact) mass is 276 g/mol. The van der Waals surface area contributed by atoms with E-state index in [1.54, 1.807) is 4.57 Å². The van der Waals surface area contributed by atoms with Gasteiger partial charge in [-0.15, -0.1) is 0 Å². The van der Waals surface area contributed by atoms with Gasteiger partial charge in [0.15, 0.2) is 5.03 Å². The van der Waals surface area contributed by atoms with Crippen LogP contribution in [0.1, 0.15) is 19.8 Å². The molecule has 0 spiro atoms. The topological polar surface area (TPSA) is 90.0 Å². The maximum atomic E-state index is 11.8. The molecule has 0 amide bonds.